The number of hydrogen-bond donors (Lipinski definition) is 4. The number of aromatic nitrogens is 1. The van der Waals surface area contributed by atoms with Crippen molar-refractivity contribution in [1.29, 1.82) is 0 Å². The highest BCUT2D eigenvalue weighted by atomic mass is 32.2. The summed E-state index contributed by atoms with van der Waals surface area (Å²) >= 11 is 0.975. The molecule has 8 nitrogen and oxygen atoms in total. The second-order valence-electron chi connectivity index (χ2n) is 7.73. The van der Waals surface area contributed by atoms with E-state index in [4.69, 9.17) is 4.74 Å². The minimum atomic E-state index is -1.44. The smallest absolute Gasteiger partial charge is 0.277 e. The van der Waals surface area contributed by atoms with Gasteiger partial charge >= 0.3 is 0 Å². The summed E-state index contributed by atoms with van der Waals surface area (Å²) in [6.07, 6.45) is 0.902. The molecular formula is C24H25F4N5O3S. The van der Waals surface area contributed by atoms with E-state index < -0.39 is 41.3 Å². The minimum absolute atomic E-state index is 0.00307. The van der Waals surface area contributed by atoms with Gasteiger partial charge < -0.3 is 10.1 Å². The van der Waals surface area contributed by atoms with E-state index >= 15 is 13.2 Å². The van der Waals surface area contributed by atoms with Gasteiger partial charge in [0.25, 0.3) is 5.91 Å². The predicted octanol–water partition coefficient (Wildman–Crippen LogP) is 4.78. The van der Waals surface area contributed by atoms with Crippen molar-refractivity contribution < 1.29 is 31.9 Å². The number of carbonyl (C=O) groups excluding carboxylic acids is 1. The fourth-order valence-corrected chi connectivity index (χ4v) is 3.78. The van der Waals surface area contributed by atoms with Crippen LogP contribution in [0, 0.1) is 30.2 Å². The van der Waals surface area contributed by atoms with Gasteiger partial charge in [0.1, 0.15) is 5.82 Å². The molecule has 0 spiro atoms. The van der Waals surface area contributed by atoms with Crippen molar-refractivity contribution in [1.82, 2.24) is 15.2 Å². The number of benzene rings is 2. The lowest BCUT2D eigenvalue weighted by Gasteiger charge is -2.17. The van der Waals surface area contributed by atoms with Crippen molar-refractivity contribution in [2.45, 2.75) is 13.3 Å². The van der Waals surface area contributed by atoms with Crippen LogP contribution in [0.5, 0.6) is 0 Å². The molecule has 2 aromatic carbocycles. The van der Waals surface area contributed by atoms with E-state index in [0.29, 0.717) is 18.7 Å². The molecule has 1 amide bonds. The number of rotatable bonds is 12. The van der Waals surface area contributed by atoms with Crippen LogP contribution in [0.25, 0.3) is 0 Å². The summed E-state index contributed by atoms with van der Waals surface area (Å²) in [5.74, 6) is -5.33. The van der Waals surface area contributed by atoms with Crippen LogP contribution in [0.1, 0.15) is 27.0 Å². The van der Waals surface area contributed by atoms with Crippen LogP contribution in [-0.4, -0.2) is 38.3 Å². The number of amides is 1. The van der Waals surface area contributed by atoms with Crippen LogP contribution in [0.4, 0.5) is 34.8 Å². The summed E-state index contributed by atoms with van der Waals surface area (Å²) in [5, 5.41) is 2.45. The Labute approximate surface area is 215 Å². The second kappa shape index (κ2) is 13.2. The van der Waals surface area contributed by atoms with E-state index in [1.165, 1.54) is 24.4 Å². The zero-order valence-corrected chi connectivity index (χ0v) is 21.0. The molecule has 3 aromatic rings. The van der Waals surface area contributed by atoms with E-state index in [2.05, 4.69) is 24.6 Å². The predicted molar refractivity (Wildman–Crippen MR) is 133 cm³/mol. The SMILES string of the molecule is COCCNSNc1nccc(Cc2cc(C(=O)NOC)c(Nc3ccc(C)cc3F)c(F)c2F)c1F. The highest BCUT2D eigenvalue weighted by Crippen LogP contribution is 2.32. The summed E-state index contributed by atoms with van der Waals surface area (Å²) in [6, 6.07) is 6.45. The van der Waals surface area contributed by atoms with Crippen molar-refractivity contribution in [3.8, 4) is 0 Å². The van der Waals surface area contributed by atoms with Crippen LogP contribution in [0.3, 0.4) is 0 Å². The molecule has 0 aliphatic carbocycles. The lowest BCUT2D eigenvalue weighted by molar-refractivity contribution is 0.0538. The monoisotopic (exact) mass is 539 g/mol. The molecule has 1 aromatic heterocycles. The summed E-state index contributed by atoms with van der Waals surface area (Å²) in [6.45, 7) is 2.59. The van der Waals surface area contributed by atoms with Crippen molar-refractivity contribution in [2.24, 2.45) is 0 Å². The fraction of sp³-hybridized carbons (Fsp3) is 0.250. The Kier molecular flexibility index (Phi) is 10.1. The number of halogens is 4. The molecule has 0 saturated carbocycles. The van der Waals surface area contributed by atoms with Gasteiger partial charge in [0.05, 0.1) is 30.7 Å². The second-order valence-corrected chi connectivity index (χ2v) is 8.43. The van der Waals surface area contributed by atoms with Crippen LogP contribution < -0.4 is 20.2 Å². The summed E-state index contributed by atoms with van der Waals surface area (Å²) in [5.41, 5.74) is 1.18. The number of carbonyl (C=O) groups is 1. The average molecular weight is 540 g/mol. The number of ether oxygens (including phenoxy) is 1. The molecule has 0 aliphatic heterocycles. The maximum absolute atomic E-state index is 15.2. The maximum atomic E-state index is 15.2. The Hall–Kier alpha value is -3.39. The Morgan fingerprint density at radius 2 is 1.81 bits per heavy atom. The van der Waals surface area contributed by atoms with Gasteiger partial charge in [-0.1, -0.05) is 6.07 Å². The summed E-state index contributed by atoms with van der Waals surface area (Å²) in [7, 11) is 2.70. The highest BCUT2D eigenvalue weighted by molar-refractivity contribution is 7.98. The highest BCUT2D eigenvalue weighted by Gasteiger charge is 2.25. The lowest BCUT2D eigenvalue weighted by Crippen LogP contribution is -2.24. The quantitative estimate of drug-likeness (QED) is 0.113. The number of nitrogens with one attached hydrogen (secondary N) is 4. The molecule has 0 atom stereocenters. The van der Waals surface area contributed by atoms with E-state index in [1.807, 2.05) is 5.48 Å². The summed E-state index contributed by atoms with van der Waals surface area (Å²) < 4.78 is 70.3. The number of hydrogen-bond acceptors (Lipinski definition) is 8. The summed E-state index contributed by atoms with van der Waals surface area (Å²) in [4.78, 5) is 21.1. The normalized spacial score (nSPS) is 10.9. The zero-order chi connectivity index (χ0) is 26.9. The van der Waals surface area contributed by atoms with E-state index in [0.717, 1.165) is 25.3 Å². The molecule has 0 radical (unpaired) electrons. The molecule has 4 N–H and O–H groups in total. The van der Waals surface area contributed by atoms with Crippen molar-refractivity contribution >= 4 is 35.2 Å². The van der Waals surface area contributed by atoms with Gasteiger partial charge in [-0.15, -0.1) is 0 Å². The molecule has 37 heavy (non-hydrogen) atoms. The third kappa shape index (κ3) is 7.10. The number of nitrogens with zero attached hydrogens (tertiary/aromatic N) is 1. The first-order chi connectivity index (χ1) is 17.8. The Balaban J connectivity index is 1.95. The first-order valence-corrected chi connectivity index (χ1v) is 11.7. The number of hydroxylamine groups is 1. The number of methoxy groups -OCH3 is 1. The third-order valence-corrected chi connectivity index (χ3v) is 5.73. The van der Waals surface area contributed by atoms with Gasteiger partial charge in [-0.05, 0) is 47.9 Å². The maximum Gasteiger partial charge on any atom is 0.277 e. The van der Waals surface area contributed by atoms with Crippen LogP contribution >= 0.6 is 12.1 Å². The molecule has 0 bridgehead atoms. The van der Waals surface area contributed by atoms with Gasteiger partial charge in [-0.3, -0.25) is 14.4 Å². The van der Waals surface area contributed by atoms with Crippen molar-refractivity contribution in [3.63, 3.8) is 0 Å². The number of aryl methyl sites for hydroxylation is 1. The molecule has 13 heteroatoms. The lowest BCUT2D eigenvalue weighted by atomic mass is 9.99. The first kappa shape index (κ1) is 28.2. The van der Waals surface area contributed by atoms with Crippen molar-refractivity contribution in [3.05, 3.63) is 82.1 Å². The minimum Gasteiger partial charge on any atom is -0.383 e. The molecule has 0 saturated heterocycles. The molecule has 1 heterocycles. The first-order valence-electron chi connectivity index (χ1n) is 10.9. The van der Waals surface area contributed by atoms with Gasteiger partial charge in [-0.25, -0.2) is 32.7 Å². The van der Waals surface area contributed by atoms with Crippen LogP contribution in [-0.2, 0) is 16.0 Å². The topological polar surface area (TPSA) is 96.5 Å². The molecule has 0 unspecified atom stereocenters. The number of anilines is 3. The van der Waals surface area contributed by atoms with Gasteiger partial charge in [-0.2, -0.15) is 0 Å². The Morgan fingerprint density at radius 1 is 1.03 bits per heavy atom. The van der Waals surface area contributed by atoms with E-state index in [1.54, 1.807) is 20.1 Å². The van der Waals surface area contributed by atoms with Gasteiger partial charge in [0.2, 0.25) is 0 Å². The van der Waals surface area contributed by atoms with Gasteiger partial charge in [0.15, 0.2) is 23.3 Å². The third-order valence-electron chi connectivity index (χ3n) is 5.08. The Bertz CT molecular complexity index is 1270. The molecular weight excluding hydrogens is 514 g/mol. The standard InChI is InChI=1S/C24H25F4N5O3S/c1-13-4-5-18(17(25)10-13)31-22-16(24(34)32-36-3)12-15(19(26)21(22)28)11-14-6-7-29-23(20(14)27)33-37-30-8-9-35-2/h4-7,10,12,30-31H,8-9,11H2,1-3H3,(H,29,33)(H,32,34). The van der Waals surface area contributed by atoms with Crippen molar-refractivity contribution in [2.75, 3.05) is 37.4 Å². The number of pyridine rings is 1. The molecule has 3 rings (SSSR count). The molecule has 0 fully saturated rings. The molecule has 0 aliphatic rings. The fourth-order valence-electron chi connectivity index (χ4n) is 3.29. The van der Waals surface area contributed by atoms with E-state index in [-0.39, 0.29) is 28.2 Å². The Morgan fingerprint density at radius 3 is 2.51 bits per heavy atom. The average Bonchev–Trinajstić information content (AvgIpc) is 2.87. The van der Waals surface area contributed by atoms with Gasteiger partial charge in [0, 0.05) is 38.4 Å². The van der Waals surface area contributed by atoms with E-state index in [9.17, 15) is 9.18 Å². The van der Waals surface area contributed by atoms with Crippen LogP contribution in [0.2, 0.25) is 0 Å². The molecule has 198 valence electrons. The zero-order valence-electron chi connectivity index (χ0n) is 20.2. The van der Waals surface area contributed by atoms with Crippen LogP contribution in [0.15, 0.2) is 36.5 Å². The largest absolute Gasteiger partial charge is 0.383 e.